The van der Waals surface area contributed by atoms with E-state index in [9.17, 15) is 8.60 Å². The van der Waals surface area contributed by atoms with Gasteiger partial charge in [0.15, 0.2) is 0 Å². The van der Waals surface area contributed by atoms with Crippen LogP contribution in [0.5, 0.6) is 0 Å². The average Bonchev–Trinajstić information content (AvgIpc) is 2.46. The fraction of sp³-hybridized carbons (Fsp3) is 0.615. The number of pyridine rings is 1. The molecule has 4 nitrogen and oxygen atoms in total. The zero-order valence-electron chi connectivity index (χ0n) is 12.4. The lowest BCUT2D eigenvalue weighted by molar-refractivity contribution is 0.00578. The molecule has 7 heteroatoms. The number of hydrogen-bond acceptors (Lipinski definition) is 4. The van der Waals surface area contributed by atoms with Crippen LogP contribution in [0.2, 0.25) is 0 Å². The number of rotatable bonds is 3. The Labute approximate surface area is 121 Å². The van der Waals surface area contributed by atoms with Gasteiger partial charge in [0.2, 0.25) is 5.95 Å². The van der Waals surface area contributed by atoms with Gasteiger partial charge in [0.1, 0.15) is 0 Å². The van der Waals surface area contributed by atoms with E-state index in [1.807, 2.05) is 27.7 Å². The van der Waals surface area contributed by atoms with Crippen LogP contribution >= 0.6 is 0 Å². The molecule has 1 saturated heterocycles. The predicted octanol–water partition coefficient (Wildman–Crippen LogP) is 1.40. The van der Waals surface area contributed by atoms with Crippen LogP contribution < -0.4 is 5.46 Å². The molecule has 2 rings (SSSR count). The first-order valence-corrected chi connectivity index (χ1v) is 8.15. The van der Waals surface area contributed by atoms with Crippen molar-refractivity contribution in [1.29, 1.82) is 0 Å². The second-order valence-electron chi connectivity index (χ2n) is 6.02. The van der Waals surface area contributed by atoms with Crippen molar-refractivity contribution in [3.8, 4) is 0 Å². The van der Waals surface area contributed by atoms with E-state index in [1.165, 1.54) is 6.07 Å². The van der Waals surface area contributed by atoms with Crippen LogP contribution in [0, 0.1) is 5.95 Å². The van der Waals surface area contributed by atoms with Gasteiger partial charge >= 0.3 is 7.12 Å². The minimum absolute atomic E-state index is 0.213. The van der Waals surface area contributed by atoms with Crippen LogP contribution in [0.1, 0.15) is 33.4 Å². The van der Waals surface area contributed by atoms with Gasteiger partial charge in [-0.3, -0.25) is 4.21 Å². The molecule has 0 N–H and O–H groups in total. The lowest BCUT2D eigenvalue weighted by Gasteiger charge is -2.32. The van der Waals surface area contributed by atoms with E-state index in [0.717, 1.165) is 0 Å². The fourth-order valence-corrected chi connectivity index (χ4v) is 2.54. The van der Waals surface area contributed by atoms with Gasteiger partial charge < -0.3 is 9.31 Å². The Morgan fingerprint density at radius 3 is 2.30 bits per heavy atom. The van der Waals surface area contributed by atoms with Gasteiger partial charge in [-0.15, -0.1) is 0 Å². The summed E-state index contributed by atoms with van der Waals surface area (Å²) in [5, 5.41) is 0. The van der Waals surface area contributed by atoms with Gasteiger partial charge in [-0.1, -0.05) is 0 Å². The van der Waals surface area contributed by atoms with Crippen LogP contribution in [-0.4, -0.2) is 33.8 Å². The molecular formula is C13H19BFNO3S. The zero-order chi connectivity index (χ0) is 15.1. The topological polar surface area (TPSA) is 48.4 Å². The Kier molecular flexibility index (Phi) is 4.06. The Bertz CT molecular complexity index is 534. The molecule has 0 bridgehead atoms. The van der Waals surface area contributed by atoms with E-state index in [2.05, 4.69) is 4.98 Å². The Hall–Kier alpha value is -0.785. The molecule has 1 aromatic rings. The third-order valence-electron chi connectivity index (χ3n) is 3.75. The molecule has 0 radical (unpaired) electrons. The molecule has 2 heterocycles. The summed E-state index contributed by atoms with van der Waals surface area (Å²) in [4.78, 5) is 3.75. The quantitative estimate of drug-likeness (QED) is 0.625. The van der Waals surface area contributed by atoms with Crippen molar-refractivity contribution >= 4 is 23.4 Å². The number of halogens is 1. The molecule has 0 amide bonds. The molecule has 1 aliphatic rings. The minimum Gasteiger partial charge on any atom is -0.399 e. The van der Waals surface area contributed by atoms with Gasteiger partial charge in [-0.25, -0.2) is 4.98 Å². The van der Waals surface area contributed by atoms with Crippen molar-refractivity contribution in [2.75, 3.05) is 6.26 Å². The third kappa shape index (κ3) is 3.10. The summed E-state index contributed by atoms with van der Waals surface area (Å²) in [6.07, 6.45) is 1.56. The Morgan fingerprint density at radius 1 is 1.25 bits per heavy atom. The summed E-state index contributed by atoms with van der Waals surface area (Å²) in [7, 11) is -1.71. The lowest BCUT2D eigenvalue weighted by atomic mass is 9.79. The SMILES string of the molecule is CS(=O)Cc1cc(B2OC(C)(C)C(C)(C)O2)cc(F)n1. The second kappa shape index (κ2) is 5.20. The van der Waals surface area contributed by atoms with E-state index in [-0.39, 0.29) is 5.75 Å². The summed E-state index contributed by atoms with van der Waals surface area (Å²) in [6.45, 7) is 7.75. The first kappa shape index (κ1) is 15.6. The minimum atomic E-state index is -1.08. The summed E-state index contributed by atoms with van der Waals surface area (Å²) in [5.41, 5.74) is 0.0446. The Balaban J connectivity index is 2.30. The molecule has 0 spiro atoms. The summed E-state index contributed by atoms with van der Waals surface area (Å²) in [6, 6.07) is 2.98. The fourth-order valence-electron chi connectivity index (χ4n) is 1.97. The second-order valence-corrected chi connectivity index (χ2v) is 7.46. The van der Waals surface area contributed by atoms with E-state index in [1.54, 1.807) is 12.3 Å². The molecule has 110 valence electrons. The van der Waals surface area contributed by atoms with Crippen LogP contribution in [0.4, 0.5) is 4.39 Å². The van der Waals surface area contributed by atoms with Crippen molar-refractivity contribution in [2.45, 2.75) is 44.6 Å². The molecule has 1 unspecified atom stereocenters. The molecule has 0 aromatic carbocycles. The van der Waals surface area contributed by atoms with E-state index in [4.69, 9.17) is 9.31 Å². The van der Waals surface area contributed by atoms with Crippen molar-refractivity contribution in [3.63, 3.8) is 0 Å². The first-order chi connectivity index (χ1) is 9.10. The van der Waals surface area contributed by atoms with Crippen LogP contribution in [-0.2, 0) is 25.9 Å². The highest BCUT2D eigenvalue weighted by Crippen LogP contribution is 2.36. The molecule has 0 saturated carbocycles. The first-order valence-electron chi connectivity index (χ1n) is 6.43. The summed E-state index contributed by atoms with van der Waals surface area (Å²) in [5.74, 6) is -0.401. The molecule has 1 fully saturated rings. The summed E-state index contributed by atoms with van der Waals surface area (Å²) >= 11 is 0. The Morgan fingerprint density at radius 2 is 1.80 bits per heavy atom. The van der Waals surface area contributed by atoms with Gasteiger partial charge in [0.25, 0.3) is 0 Å². The number of aromatic nitrogens is 1. The molecule has 20 heavy (non-hydrogen) atoms. The molecule has 1 aliphatic heterocycles. The van der Waals surface area contributed by atoms with Crippen molar-refractivity contribution in [2.24, 2.45) is 0 Å². The number of hydrogen-bond donors (Lipinski definition) is 0. The van der Waals surface area contributed by atoms with E-state index >= 15 is 0 Å². The third-order valence-corrected chi connectivity index (χ3v) is 4.45. The standard InChI is InChI=1S/C13H19BFNO3S/c1-12(2)13(3,4)19-14(18-12)9-6-10(8-20(5)17)16-11(15)7-9/h6-7H,8H2,1-5H3. The van der Waals surface area contributed by atoms with Crippen molar-refractivity contribution < 1.29 is 17.9 Å². The highest BCUT2D eigenvalue weighted by atomic mass is 32.2. The highest BCUT2D eigenvalue weighted by molar-refractivity contribution is 7.83. The summed E-state index contributed by atoms with van der Waals surface area (Å²) < 4.78 is 36.6. The van der Waals surface area contributed by atoms with Crippen LogP contribution in [0.15, 0.2) is 12.1 Å². The van der Waals surface area contributed by atoms with Crippen LogP contribution in [0.25, 0.3) is 0 Å². The highest BCUT2D eigenvalue weighted by Gasteiger charge is 2.51. The van der Waals surface area contributed by atoms with Gasteiger partial charge in [-0.2, -0.15) is 4.39 Å². The average molecular weight is 299 g/mol. The van der Waals surface area contributed by atoms with Gasteiger partial charge in [-0.05, 0) is 45.3 Å². The van der Waals surface area contributed by atoms with E-state index < -0.39 is 35.1 Å². The van der Waals surface area contributed by atoms with Gasteiger partial charge in [0.05, 0.1) is 22.6 Å². The zero-order valence-corrected chi connectivity index (χ0v) is 13.2. The normalized spacial score (nSPS) is 22.0. The number of nitrogens with zero attached hydrogens (tertiary/aromatic N) is 1. The molecule has 1 atom stereocenters. The maximum absolute atomic E-state index is 13.6. The van der Waals surface area contributed by atoms with Crippen LogP contribution in [0.3, 0.4) is 0 Å². The van der Waals surface area contributed by atoms with Gasteiger partial charge in [0, 0.05) is 17.1 Å². The van der Waals surface area contributed by atoms with Crippen molar-refractivity contribution in [3.05, 3.63) is 23.8 Å². The van der Waals surface area contributed by atoms with E-state index in [0.29, 0.717) is 11.2 Å². The largest absolute Gasteiger partial charge is 0.495 e. The lowest BCUT2D eigenvalue weighted by Crippen LogP contribution is -2.41. The maximum atomic E-state index is 13.6. The maximum Gasteiger partial charge on any atom is 0.495 e. The monoisotopic (exact) mass is 299 g/mol. The van der Waals surface area contributed by atoms with Crippen molar-refractivity contribution in [1.82, 2.24) is 4.98 Å². The molecular weight excluding hydrogens is 280 g/mol. The molecule has 1 aromatic heterocycles. The smallest absolute Gasteiger partial charge is 0.399 e. The predicted molar refractivity (Wildman–Crippen MR) is 77.7 cm³/mol. The molecule has 0 aliphatic carbocycles.